The molecule has 7 nitrogen and oxygen atoms in total. The van der Waals surface area contributed by atoms with Crippen LogP contribution in [-0.2, 0) is 4.74 Å². The molecule has 0 aromatic carbocycles. The summed E-state index contributed by atoms with van der Waals surface area (Å²) in [4.78, 5) is 20.6. The van der Waals surface area contributed by atoms with Crippen LogP contribution < -0.4 is 14.4 Å². The van der Waals surface area contributed by atoms with Gasteiger partial charge in [0.1, 0.15) is 11.4 Å². The first-order valence-corrected chi connectivity index (χ1v) is 8.07. The van der Waals surface area contributed by atoms with Crippen LogP contribution in [0.2, 0.25) is 0 Å². The van der Waals surface area contributed by atoms with E-state index in [0.717, 1.165) is 11.5 Å². The highest BCUT2D eigenvalue weighted by Crippen LogP contribution is 2.32. The number of pyridine rings is 1. The number of aromatic nitrogens is 1. The van der Waals surface area contributed by atoms with Gasteiger partial charge in [0.05, 0.1) is 19.9 Å². The smallest absolute Gasteiger partial charge is 0.410 e. The molecule has 0 unspecified atom stereocenters. The summed E-state index contributed by atoms with van der Waals surface area (Å²) in [6, 6.07) is 1.85. The van der Waals surface area contributed by atoms with E-state index in [1.54, 1.807) is 19.1 Å². The van der Waals surface area contributed by atoms with Crippen molar-refractivity contribution in [3.05, 3.63) is 11.8 Å². The third-order valence-electron chi connectivity index (χ3n) is 3.78. The molecule has 1 aromatic heterocycles. The van der Waals surface area contributed by atoms with Gasteiger partial charge in [-0.1, -0.05) is 0 Å². The highest BCUT2D eigenvalue weighted by Gasteiger charge is 2.27. The lowest BCUT2D eigenvalue weighted by Crippen LogP contribution is -2.50. The van der Waals surface area contributed by atoms with Crippen LogP contribution in [0.3, 0.4) is 0 Å². The average molecular weight is 337 g/mol. The summed E-state index contributed by atoms with van der Waals surface area (Å²) in [5, 5.41) is 0. The Morgan fingerprint density at radius 2 is 1.67 bits per heavy atom. The molecule has 1 saturated heterocycles. The number of rotatable bonds is 3. The van der Waals surface area contributed by atoms with Gasteiger partial charge in [-0.05, 0) is 27.7 Å². The second-order valence-electron chi connectivity index (χ2n) is 6.76. The van der Waals surface area contributed by atoms with Crippen molar-refractivity contribution in [2.45, 2.75) is 33.3 Å². The summed E-state index contributed by atoms with van der Waals surface area (Å²) in [7, 11) is 3.23. The maximum atomic E-state index is 12.1. The summed E-state index contributed by atoms with van der Waals surface area (Å²) in [6.45, 7) is 10.0. The highest BCUT2D eigenvalue weighted by molar-refractivity contribution is 5.69. The van der Waals surface area contributed by atoms with Crippen LogP contribution in [0.15, 0.2) is 6.07 Å². The molecule has 0 spiro atoms. The minimum Gasteiger partial charge on any atom is -0.495 e. The number of nitrogens with zero attached hydrogens (tertiary/aromatic N) is 3. The lowest BCUT2D eigenvalue weighted by Gasteiger charge is -2.36. The first kappa shape index (κ1) is 18.2. The van der Waals surface area contributed by atoms with Crippen LogP contribution in [0.4, 0.5) is 10.6 Å². The maximum absolute atomic E-state index is 12.1. The van der Waals surface area contributed by atoms with Crippen molar-refractivity contribution in [2.75, 3.05) is 45.3 Å². The van der Waals surface area contributed by atoms with Gasteiger partial charge in [0.2, 0.25) is 0 Å². The number of aryl methyl sites for hydroxylation is 1. The molecule has 24 heavy (non-hydrogen) atoms. The van der Waals surface area contributed by atoms with Crippen molar-refractivity contribution in [2.24, 2.45) is 0 Å². The van der Waals surface area contributed by atoms with Gasteiger partial charge in [-0.3, -0.25) is 0 Å². The molecule has 0 saturated carbocycles. The first-order chi connectivity index (χ1) is 11.2. The van der Waals surface area contributed by atoms with Crippen LogP contribution in [0, 0.1) is 6.92 Å². The standard InChI is InChI=1S/C17H27N3O4/c1-12-13(22-5)11-14(23-6)15(18-12)19-7-9-20(10-8-19)16(21)24-17(2,3)4/h11H,7-10H2,1-6H3. The summed E-state index contributed by atoms with van der Waals surface area (Å²) in [5.41, 5.74) is 0.328. The van der Waals surface area contributed by atoms with E-state index >= 15 is 0 Å². The summed E-state index contributed by atoms with van der Waals surface area (Å²) in [6.07, 6.45) is -0.270. The molecule has 1 aliphatic rings. The maximum Gasteiger partial charge on any atom is 0.410 e. The van der Waals surface area contributed by atoms with Gasteiger partial charge in [-0.25, -0.2) is 9.78 Å². The monoisotopic (exact) mass is 337 g/mol. The van der Waals surface area contributed by atoms with Crippen molar-refractivity contribution < 1.29 is 19.0 Å². The molecule has 1 aromatic rings. The topological polar surface area (TPSA) is 64.1 Å². The summed E-state index contributed by atoms with van der Waals surface area (Å²) < 4.78 is 16.2. The normalized spacial score (nSPS) is 15.2. The van der Waals surface area contributed by atoms with Crippen molar-refractivity contribution in [3.8, 4) is 11.5 Å². The largest absolute Gasteiger partial charge is 0.495 e. The molecule has 2 heterocycles. The fourth-order valence-electron chi connectivity index (χ4n) is 2.57. The quantitative estimate of drug-likeness (QED) is 0.844. The fourth-order valence-corrected chi connectivity index (χ4v) is 2.57. The SMILES string of the molecule is COc1cc(OC)c(N2CCN(C(=O)OC(C)(C)C)CC2)nc1C. The Morgan fingerprint density at radius 3 is 2.17 bits per heavy atom. The van der Waals surface area contributed by atoms with Crippen LogP contribution in [-0.4, -0.2) is 62.0 Å². The molecule has 0 radical (unpaired) electrons. The molecule has 0 aliphatic carbocycles. The van der Waals surface area contributed by atoms with E-state index in [1.807, 2.05) is 33.8 Å². The van der Waals surface area contributed by atoms with Gasteiger partial charge in [0.15, 0.2) is 11.6 Å². The Balaban J connectivity index is 2.07. The molecular formula is C17H27N3O4. The second-order valence-corrected chi connectivity index (χ2v) is 6.76. The Labute approximate surface area is 143 Å². The van der Waals surface area contributed by atoms with Crippen LogP contribution in [0.25, 0.3) is 0 Å². The molecule has 2 rings (SSSR count). The second kappa shape index (κ2) is 7.15. The van der Waals surface area contributed by atoms with Gasteiger partial charge >= 0.3 is 6.09 Å². The van der Waals surface area contributed by atoms with Gasteiger partial charge in [-0.15, -0.1) is 0 Å². The number of carbonyl (C=O) groups is 1. The van der Waals surface area contributed by atoms with Crippen molar-refractivity contribution in [1.82, 2.24) is 9.88 Å². The zero-order chi connectivity index (χ0) is 17.9. The zero-order valence-corrected chi connectivity index (χ0v) is 15.4. The van der Waals surface area contributed by atoms with E-state index in [2.05, 4.69) is 9.88 Å². The predicted octanol–water partition coefficient (Wildman–Crippen LogP) is 2.46. The van der Waals surface area contributed by atoms with Crippen LogP contribution in [0.1, 0.15) is 26.5 Å². The molecule has 1 aliphatic heterocycles. The number of piperazine rings is 1. The molecule has 7 heteroatoms. The lowest BCUT2D eigenvalue weighted by molar-refractivity contribution is 0.0240. The van der Waals surface area contributed by atoms with E-state index in [0.29, 0.717) is 37.7 Å². The zero-order valence-electron chi connectivity index (χ0n) is 15.4. The minimum absolute atomic E-state index is 0.270. The molecule has 1 fully saturated rings. The van der Waals surface area contributed by atoms with Gasteiger partial charge in [-0.2, -0.15) is 0 Å². The Hall–Kier alpha value is -2.18. The Bertz CT molecular complexity index is 590. The number of hydrogen-bond acceptors (Lipinski definition) is 6. The lowest BCUT2D eigenvalue weighted by atomic mass is 10.2. The first-order valence-electron chi connectivity index (χ1n) is 8.07. The van der Waals surface area contributed by atoms with E-state index in [9.17, 15) is 4.79 Å². The third kappa shape index (κ3) is 4.21. The predicted molar refractivity (Wildman–Crippen MR) is 92.1 cm³/mol. The van der Waals surface area contributed by atoms with Crippen molar-refractivity contribution >= 4 is 11.9 Å². The number of hydrogen-bond donors (Lipinski definition) is 0. The van der Waals surface area contributed by atoms with E-state index in [4.69, 9.17) is 14.2 Å². The van der Waals surface area contributed by atoms with E-state index in [-0.39, 0.29) is 6.09 Å². The minimum atomic E-state index is -0.480. The molecule has 0 N–H and O–H groups in total. The van der Waals surface area contributed by atoms with Gasteiger partial charge < -0.3 is 24.0 Å². The van der Waals surface area contributed by atoms with Gasteiger partial charge in [0, 0.05) is 32.2 Å². The van der Waals surface area contributed by atoms with Crippen LogP contribution >= 0.6 is 0 Å². The highest BCUT2D eigenvalue weighted by atomic mass is 16.6. The van der Waals surface area contributed by atoms with E-state index in [1.165, 1.54) is 0 Å². The molecular weight excluding hydrogens is 310 g/mol. The molecule has 134 valence electrons. The fraction of sp³-hybridized carbons (Fsp3) is 0.647. The van der Waals surface area contributed by atoms with Crippen molar-refractivity contribution in [3.63, 3.8) is 0 Å². The van der Waals surface area contributed by atoms with Gasteiger partial charge in [0.25, 0.3) is 0 Å². The third-order valence-corrected chi connectivity index (χ3v) is 3.78. The number of amides is 1. The van der Waals surface area contributed by atoms with E-state index < -0.39 is 5.60 Å². The van der Waals surface area contributed by atoms with Crippen molar-refractivity contribution in [1.29, 1.82) is 0 Å². The molecule has 0 bridgehead atoms. The van der Waals surface area contributed by atoms with Crippen LogP contribution in [0.5, 0.6) is 11.5 Å². The summed E-state index contributed by atoms with van der Waals surface area (Å²) in [5.74, 6) is 2.14. The summed E-state index contributed by atoms with van der Waals surface area (Å²) >= 11 is 0. The number of ether oxygens (including phenoxy) is 3. The average Bonchev–Trinajstić information content (AvgIpc) is 2.53. The number of anilines is 1. The Morgan fingerprint density at radius 1 is 1.08 bits per heavy atom. The molecule has 1 amide bonds. The Kier molecular flexibility index (Phi) is 5.41. The molecule has 0 atom stereocenters. The number of methoxy groups -OCH3 is 2. The number of carbonyl (C=O) groups excluding carboxylic acids is 1.